The third kappa shape index (κ3) is 2.09. The number of carbonyl (C=O) groups is 2. The Morgan fingerprint density at radius 1 is 1.31 bits per heavy atom. The van der Waals surface area contributed by atoms with Crippen molar-refractivity contribution in [2.75, 3.05) is 4.90 Å². The highest BCUT2D eigenvalue weighted by atomic mass is 35.5. The Morgan fingerprint density at radius 2 is 1.94 bits per heavy atom. The summed E-state index contributed by atoms with van der Waals surface area (Å²) >= 11 is 5.99. The second-order valence-electron chi connectivity index (χ2n) is 3.92. The molecule has 0 unspecified atom stereocenters. The summed E-state index contributed by atoms with van der Waals surface area (Å²) in [6.45, 7) is 1.38. The van der Waals surface area contributed by atoms with Gasteiger partial charge in [-0.3, -0.25) is 9.59 Å². The molecule has 0 bridgehead atoms. The summed E-state index contributed by atoms with van der Waals surface area (Å²) in [5.74, 6) is -0.425. The van der Waals surface area contributed by atoms with Crippen molar-refractivity contribution < 1.29 is 9.59 Å². The third-order valence-electron chi connectivity index (χ3n) is 2.56. The molecule has 84 valence electrons. The zero-order valence-corrected chi connectivity index (χ0v) is 9.70. The molecule has 0 aliphatic heterocycles. The second kappa shape index (κ2) is 4.26. The molecule has 2 amide bonds. The van der Waals surface area contributed by atoms with Crippen LogP contribution in [-0.2, 0) is 9.59 Å². The predicted molar refractivity (Wildman–Crippen MR) is 62.3 cm³/mol. The minimum Gasteiger partial charge on any atom is -0.274 e. The van der Waals surface area contributed by atoms with Crippen molar-refractivity contribution in [2.45, 2.75) is 19.8 Å². The number of benzene rings is 1. The molecule has 0 spiro atoms. The first-order valence-electron chi connectivity index (χ1n) is 5.20. The minimum absolute atomic E-state index is 0.000160. The average molecular weight is 238 g/mol. The Bertz CT molecular complexity index is 440. The average Bonchev–Trinajstić information content (AvgIpc) is 3.04. The van der Waals surface area contributed by atoms with E-state index in [1.165, 1.54) is 11.8 Å². The van der Waals surface area contributed by atoms with Gasteiger partial charge in [-0.1, -0.05) is 23.7 Å². The van der Waals surface area contributed by atoms with Crippen LogP contribution >= 0.6 is 11.6 Å². The molecule has 0 saturated heterocycles. The van der Waals surface area contributed by atoms with E-state index in [2.05, 4.69) is 0 Å². The Morgan fingerprint density at radius 3 is 2.44 bits per heavy atom. The lowest BCUT2D eigenvalue weighted by Gasteiger charge is -2.20. The first kappa shape index (κ1) is 11.1. The normalized spacial score (nSPS) is 14.6. The molecule has 1 fully saturated rings. The van der Waals surface area contributed by atoms with Crippen molar-refractivity contribution in [1.82, 2.24) is 0 Å². The molecule has 0 heterocycles. The van der Waals surface area contributed by atoms with Crippen LogP contribution in [-0.4, -0.2) is 11.8 Å². The van der Waals surface area contributed by atoms with Gasteiger partial charge in [0.05, 0.1) is 10.7 Å². The van der Waals surface area contributed by atoms with E-state index in [-0.39, 0.29) is 17.7 Å². The Labute approximate surface area is 99.0 Å². The number of nitrogens with zero attached hydrogens (tertiary/aromatic N) is 1. The molecule has 0 aromatic heterocycles. The fourth-order valence-corrected chi connectivity index (χ4v) is 1.81. The molecule has 0 atom stereocenters. The number of halogens is 1. The quantitative estimate of drug-likeness (QED) is 0.793. The summed E-state index contributed by atoms with van der Waals surface area (Å²) in [6, 6.07) is 6.89. The Hall–Kier alpha value is -1.35. The van der Waals surface area contributed by atoms with Gasteiger partial charge in [-0.05, 0) is 25.0 Å². The van der Waals surface area contributed by atoms with Crippen molar-refractivity contribution in [3.05, 3.63) is 29.3 Å². The maximum atomic E-state index is 11.9. The van der Waals surface area contributed by atoms with Crippen LogP contribution in [0, 0.1) is 5.92 Å². The number of hydrogen-bond acceptors (Lipinski definition) is 2. The number of hydrogen-bond donors (Lipinski definition) is 0. The van der Waals surface area contributed by atoms with Crippen LogP contribution in [0.1, 0.15) is 19.8 Å². The first-order chi connectivity index (χ1) is 7.61. The van der Waals surface area contributed by atoms with Crippen molar-refractivity contribution in [3.63, 3.8) is 0 Å². The monoisotopic (exact) mass is 237 g/mol. The molecule has 1 aromatic carbocycles. The molecule has 0 radical (unpaired) electrons. The second-order valence-corrected chi connectivity index (χ2v) is 4.33. The number of para-hydroxylation sites is 1. The van der Waals surface area contributed by atoms with E-state index in [1.54, 1.807) is 24.3 Å². The highest BCUT2D eigenvalue weighted by Crippen LogP contribution is 2.34. The Kier molecular flexibility index (Phi) is 2.97. The molecule has 1 saturated carbocycles. The topological polar surface area (TPSA) is 37.4 Å². The van der Waals surface area contributed by atoms with Crippen molar-refractivity contribution in [2.24, 2.45) is 5.92 Å². The summed E-state index contributed by atoms with van der Waals surface area (Å²) in [5, 5.41) is 0.423. The van der Waals surface area contributed by atoms with Crippen LogP contribution in [0.3, 0.4) is 0 Å². The van der Waals surface area contributed by atoms with Crippen LogP contribution in [0.25, 0.3) is 0 Å². The van der Waals surface area contributed by atoms with Gasteiger partial charge in [0.2, 0.25) is 11.8 Å². The molecule has 2 rings (SSSR count). The van der Waals surface area contributed by atoms with Crippen molar-refractivity contribution in [1.29, 1.82) is 0 Å². The molecule has 0 N–H and O–H groups in total. The number of carbonyl (C=O) groups excluding carboxylic acids is 2. The first-order valence-corrected chi connectivity index (χ1v) is 5.58. The molecule has 1 aromatic rings. The van der Waals surface area contributed by atoms with Gasteiger partial charge in [0.1, 0.15) is 0 Å². The zero-order chi connectivity index (χ0) is 11.7. The summed E-state index contributed by atoms with van der Waals surface area (Å²) in [7, 11) is 0. The Balaban J connectivity index is 2.36. The van der Waals surface area contributed by atoms with E-state index in [0.29, 0.717) is 10.7 Å². The van der Waals surface area contributed by atoms with Crippen LogP contribution in [0.4, 0.5) is 5.69 Å². The van der Waals surface area contributed by atoms with E-state index < -0.39 is 0 Å². The highest BCUT2D eigenvalue weighted by Gasteiger charge is 2.36. The number of rotatable bonds is 2. The lowest BCUT2D eigenvalue weighted by Crippen LogP contribution is -2.36. The molecule has 4 heteroatoms. The minimum atomic E-state index is -0.287. The number of amides is 2. The van der Waals surface area contributed by atoms with Crippen LogP contribution in [0.5, 0.6) is 0 Å². The molecular formula is C12H12ClNO2. The smallest absolute Gasteiger partial charge is 0.236 e. The van der Waals surface area contributed by atoms with Gasteiger partial charge in [0.15, 0.2) is 0 Å². The molecule has 16 heavy (non-hydrogen) atoms. The van der Waals surface area contributed by atoms with Gasteiger partial charge in [-0.15, -0.1) is 0 Å². The van der Waals surface area contributed by atoms with E-state index in [0.717, 1.165) is 12.8 Å². The van der Waals surface area contributed by atoms with Gasteiger partial charge < -0.3 is 0 Å². The lowest BCUT2D eigenvalue weighted by molar-refractivity contribution is -0.126. The van der Waals surface area contributed by atoms with Crippen molar-refractivity contribution in [3.8, 4) is 0 Å². The predicted octanol–water partition coefficient (Wildman–Crippen LogP) is 2.63. The van der Waals surface area contributed by atoms with Gasteiger partial charge in [0, 0.05) is 12.8 Å². The van der Waals surface area contributed by atoms with Gasteiger partial charge in [-0.25, -0.2) is 4.90 Å². The SMILES string of the molecule is CC(=O)N(C(=O)C1CC1)c1ccccc1Cl. The van der Waals surface area contributed by atoms with Gasteiger partial charge >= 0.3 is 0 Å². The fourth-order valence-electron chi connectivity index (χ4n) is 1.59. The van der Waals surface area contributed by atoms with E-state index >= 15 is 0 Å². The van der Waals surface area contributed by atoms with E-state index in [9.17, 15) is 9.59 Å². The molecule has 1 aliphatic rings. The summed E-state index contributed by atoms with van der Waals surface area (Å²) < 4.78 is 0. The maximum Gasteiger partial charge on any atom is 0.236 e. The molecule has 3 nitrogen and oxygen atoms in total. The highest BCUT2D eigenvalue weighted by molar-refractivity contribution is 6.35. The third-order valence-corrected chi connectivity index (χ3v) is 2.87. The zero-order valence-electron chi connectivity index (χ0n) is 8.94. The summed E-state index contributed by atoms with van der Waals surface area (Å²) in [4.78, 5) is 24.6. The standard InChI is InChI=1S/C12H12ClNO2/c1-8(15)14(12(16)9-6-7-9)11-5-3-2-4-10(11)13/h2-5,9H,6-7H2,1H3. The van der Waals surface area contributed by atoms with E-state index in [1.807, 2.05) is 0 Å². The van der Waals surface area contributed by atoms with Crippen LogP contribution in [0.2, 0.25) is 5.02 Å². The molecular weight excluding hydrogens is 226 g/mol. The number of imide groups is 1. The fraction of sp³-hybridized carbons (Fsp3) is 0.333. The van der Waals surface area contributed by atoms with Crippen LogP contribution < -0.4 is 4.90 Å². The van der Waals surface area contributed by atoms with Gasteiger partial charge in [-0.2, -0.15) is 0 Å². The van der Waals surface area contributed by atoms with Crippen molar-refractivity contribution >= 4 is 29.1 Å². The summed E-state index contributed by atoms with van der Waals surface area (Å²) in [6.07, 6.45) is 1.74. The molecule has 1 aliphatic carbocycles. The van der Waals surface area contributed by atoms with Crippen LogP contribution in [0.15, 0.2) is 24.3 Å². The lowest BCUT2D eigenvalue weighted by atomic mass is 10.2. The largest absolute Gasteiger partial charge is 0.274 e. The number of anilines is 1. The summed E-state index contributed by atoms with van der Waals surface area (Å²) in [5.41, 5.74) is 0.480. The van der Waals surface area contributed by atoms with E-state index in [4.69, 9.17) is 11.6 Å². The van der Waals surface area contributed by atoms with Gasteiger partial charge in [0.25, 0.3) is 0 Å². The maximum absolute atomic E-state index is 11.9.